The standard InChI is InChI=1S/C20H32N4O5.HI/c1-20(2,3)29-19(26)23-11-7-10-22-18(21-4)24-13-14-8-9-16(27-5)15(12-14)17(25)28-6;/h8-9,12H,7,10-11,13H2,1-6H3,(H,23,26)(H2,21,22,24);1H. The number of methoxy groups -OCH3 is 2. The average Bonchev–Trinajstić information content (AvgIpc) is 2.67. The number of rotatable bonds is 8. The number of aliphatic imine (C=N–C) groups is 1. The van der Waals surface area contributed by atoms with Crippen molar-refractivity contribution in [1.82, 2.24) is 16.0 Å². The second-order valence-corrected chi connectivity index (χ2v) is 7.16. The van der Waals surface area contributed by atoms with Gasteiger partial charge in [-0.25, -0.2) is 9.59 Å². The lowest BCUT2D eigenvalue weighted by molar-refractivity contribution is 0.0526. The molecule has 0 aromatic heterocycles. The summed E-state index contributed by atoms with van der Waals surface area (Å²) in [5, 5.41) is 9.04. The maximum absolute atomic E-state index is 11.9. The van der Waals surface area contributed by atoms with Crippen molar-refractivity contribution in [2.45, 2.75) is 39.3 Å². The van der Waals surface area contributed by atoms with Crippen LogP contribution in [0.4, 0.5) is 4.79 Å². The van der Waals surface area contributed by atoms with Crippen LogP contribution in [0.3, 0.4) is 0 Å². The van der Waals surface area contributed by atoms with Crippen LogP contribution in [0.15, 0.2) is 23.2 Å². The Kier molecular flexibility index (Phi) is 12.8. The Morgan fingerprint density at radius 2 is 1.73 bits per heavy atom. The first-order chi connectivity index (χ1) is 13.7. The number of halogens is 1. The van der Waals surface area contributed by atoms with Gasteiger partial charge in [0, 0.05) is 26.7 Å². The average molecular weight is 536 g/mol. The monoisotopic (exact) mass is 536 g/mol. The van der Waals surface area contributed by atoms with Crippen LogP contribution >= 0.6 is 24.0 Å². The first-order valence-corrected chi connectivity index (χ1v) is 9.36. The van der Waals surface area contributed by atoms with Crippen molar-refractivity contribution in [1.29, 1.82) is 0 Å². The molecule has 0 saturated heterocycles. The minimum Gasteiger partial charge on any atom is -0.496 e. The molecular formula is C20H33IN4O5. The van der Waals surface area contributed by atoms with Crippen LogP contribution < -0.4 is 20.7 Å². The highest BCUT2D eigenvalue weighted by atomic mass is 127. The molecule has 1 amide bonds. The van der Waals surface area contributed by atoms with Gasteiger partial charge in [-0.2, -0.15) is 0 Å². The van der Waals surface area contributed by atoms with E-state index in [-0.39, 0.29) is 24.0 Å². The summed E-state index contributed by atoms with van der Waals surface area (Å²) in [6.07, 6.45) is 0.274. The summed E-state index contributed by atoms with van der Waals surface area (Å²) in [6, 6.07) is 5.30. The van der Waals surface area contributed by atoms with E-state index < -0.39 is 17.7 Å². The molecule has 0 atom stereocenters. The molecule has 0 aliphatic rings. The summed E-state index contributed by atoms with van der Waals surface area (Å²) in [6.45, 7) is 7.03. The van der Waals surface area contributed by atoms with E-state index in [0.717, 1.165) is 5.56 Å². The van der Waals surface area contributed by atoms with Crippen molar-refractivity contribution in [3.8, 4) is 5.75 Å². The molecule has 0 unspecified atom stereocenters. The summed E-state index contributed by atoms with van der Waals surface area (Å²) >= 11 is 0. The molecule has 3 N–H and O–H groups in total. The molecule has 30 heavy (non-hydrogen) atoms. The highest BCUT2D eigenvalue weighted by molar-refractivity contribution is 14.0. The lowest BCUT2D eigenvalue weighted by atomic mass is 10.1. The normalized spacial score (nSPS) is 11.1. The van der Waals surface area contributed by atoms with Crippen molar-refractivity contribution in [3.05, 3.63) is 29.3 Å². The third-order valence-electron chi connectivity index (χ3n) is 3.67. The van der Waals surface area contributed by atoms with Crippen molar-refractivity contribution < 1.29 is 23.8 Å². The molecule has 1 aromatic rings. The fourth-order valence-electron chi connectivity index (χ4n) is 2.34. The van der Waals surface area contributed by atoms with Crippen LogP contribution in [0.25, 0.3) is 0 Å². The van der Waals surface area contributed by atoms with Crippen molar-refractivity contribution in [2.24, 2.45) is 4.99 Å². The van der Waals surface area contributed by atoms with Gasteiger partial charge < -0.3 is 30.2 Å². The maximum Gasteiger partial charge on any atom is 0.407 e. The molecule has 1 aromatic carbocycles. The van der Waals surface area contributed by atoms with Crippen LogP contribution in [0, 0.1) is 0 Å². The van der Waals surface area contributed by atoms with Gasteiger partial charge in [-0.15, -0.1) is 24.0 Å². The Labute approximate surface area is 195 Å². The predicted octanol–water partition coefficient (Wildman–Crippen LogP) is 2.68. The summed E-state index contributed by atoms with van der Waals surface area (Å²) in [5.41, 5.74) is 0.731. The summed E-state index contributed by atoms with van der Waals surface area (Å²) in [4.78, 5) is 27.6. The third-order valence-corrected chi connectivity index (χ3v) is 3.67. The van der Waals surface area contributed by atoms with Crippen LogP contribution in [-0.2, 0) is 16.0 Å². The predicted molar refractivity (Wildman–Crippen MR) is 127 cm³/mol. The number of hydrogen-bond acceptors (Lipinski definition) is 6. The van der Waals surface area contributed by atoms with E-state index in [9.17, 15) is 9.59 Å². The van der Waals surface area contributed by atoms with Crippen LogP contribution in [-0.4, -0.2) is 58.0 Å². The molecule has 0 spiro atoms. The fraction of sp³-hybridized carbons (Fsp3) is 0.550. The summed E-state index contributed by atoms with van der Waals surface area (Å²) in [7, 11) is 4.50. The minimum atomic E-state index is -0.510. The van der Waals surface area contributed by atoms with Gasteiger partial charge >= 0.3 is 12.1 Å². The smallest absolute Gasteiger partial charge is 0.407 e. The van der Waals surface area contributed by atoms with E-state index in [0.29, 0.717) is 43.3 Å². The number of benzene rings is 1. The van der Waals surface area contributed by atoms with Crippen molar-refractivity contribution >= 4 is 42.0 Å². The molecule has 0 saturated carbocycles. The molecular weight excluding hydrogens is 503 g/mol. The number of ether oxygens (including phenoxy) is 3. The number of hydrogen-bond donors (Lipinski definition) is 3. The molecule has 9 nitrogen and oxygen atoms in total. The Morgan fingerprint density at radius 3 is 2.30 bits per heavy atom. The number of carbonyl (C=O) groups is 2. The maximum atomic E-state index is 11.9. The number of carbonyl (C=O) groups excluding carboxylic acids is 2. The second kappa shape index (κ2) is 13.9. The number of nitrogens with zero attached hydrogens (tertiary/aromatic N) is 1. The lowest BCUT2D eigenvalue weighted by Gasteiger charge is -2.19. The quantitative estimate of drug-likeness (QED) is 0.154. The molecule has 0 bridgehead atoms. The zero-order chi connectivity index (χ0) is 21.9. The van der Waals surface area contributed by atoms with Crippen LogP contribution in [0.5, 0.6) is 5.75 Å². The van der Waals surface area contributed by atoms with E-state index in [1.165, 1.54) is 14.2 Å². The molecule has 10 heteroatoms. The minimum absolute atomic E-state index is 0. The largest absolute Gasteiger partial charge is 0.496 e. The first-order valence-electron chi connectivity index (χ1n) is 9.36. The van der Waals surface area contributed by atoms with Gasteiger partial charge in [0.15, 0.2) is 5.96 Å². The lowest BCUT2D eigenvalue weighted by Crippen LogP contribution is -2.39. The molecule has 0 heterocycles. The Balaban J connectivity index is 0.00000841. The molecule has 0 aliphatic carbocycles. The molecule has 170 valence electrons. The van der Waals surface area contributed by atoms with Gasteiger partial charge in [-0.3, -0.25) is 4.99 Å². The number of esters is 1. The molecule has 0 aliphatic heterocycles. The third kappa shape index (κ3) is 10.5. The van der Waals surface area contributed by atoms with Gasteiger partial charge in [0.2, 0.25) is 0 Å². The van der Waals surface area contributed by atoms with E-state index in [2.05, 4.69) is 20.9 Å². The van der Waals surface area contributed by atoms with Gasteiger partial charge in [0.1, 0.15) is 16.9 Å². The molecule has 1 rings (SSSR count). The van der Waals surface area contributed by atoms with E-state index in [4.69, 9.17) is 14.2 Å². The van der Waals surface area contributed by atoms with Crippen molar-refractivity contribution in [3.63, 3.8) is 0 Å². The van der Waals surface area contributed by atoms with E-state index >= 15 is 0 Å². The molecule has 0 radical (unpaired) electrons. The zero-order valence-electron chi connectivity index (χ0n) is 18.5. The Hall–Kier alpha value is -2.24. The fourth-order valence-corrected chi connectivity index (χ4v) is 2.34. The highest BCUT2D eigenvalue weighted by Crippen LogP contribution is 2.20. The van der Waals surface area contributed by atoms with Crippen molar-refractivity contribution in [2.75, 3.05) is 34.4 Å². The topological polar surface area (TPSA) is 110 Å². The number of guanidine groups is 1. The summed E-state index contributed by atoms with van der Waals surface area (Å²) in [5.74, 6) is 0.613. The first kappa shape index (κ1) is 27.8. The van der Waals surface area contributed by atoms with Crippen LogP contribution in [0.1, 0.15) is 43.1 Å². The number of alkyl carbamates (subject to hydrolysis) is 1. The number of nitrogens with one attached hydrogen (secondary N) is 3. The SMILES string of the molecule is CN=C(NCCCNC(=O)OC(C)(C)C)NCc1ccc(OC)c(C(=O)OC)c1.I. The van der Waals surface area contributed by atoms with Gasteiger partial charge in [0.25, 0.3) is 0 Å². The van der Waals surface area contributed by atoms with Crippen LogP contribution in [0.2, 0.25) is 0 Å². The Bertz CT molecular complexity index is 720. The van der Waals surface area contributed by atoms with Gasteiger partial charge in [-0.05, 0) is 44.9 Å². The highest BCUT2D eigenvalue weighted by Gasteiger charge is 2.15. The number of amides is 1. The molecule has 0 fully saturated rings. The Morgan fingerprint density at radius 1 is 1.07 bits per heavy atom. The summed E-state index contributed by atoms with van der Waals surface area (Å²) < 4.78 is 15.2. The zero-order valence-corrected chi connectivity index (χ0v) is 20.8. The van der Waals surface area contributed by atoms with E-state index in [1.807, 2.05) is 26.8 Å². The van der Waals surface area contributed by atoms with E-state index in [1.54, 1.807) is 19.2 Å². The second-order valence-electron chi connectivity index (χ2n) is 7.16. The van der Waals surface area contributed by atoms with Gasteiger partial charge in [0.05, 0.1) is 14.2 Å². The van der Waals surface area contributed by atoms with Gasteiger partial charge in [-0.1, -0.05) is 6.07 Å².